The first-order chi connectivity index (χ1) is 27.8. The van der Waals surface area contributed by atoms with Gasteiger partial charge in [0, 0.05) is 50.9 Å². The molecule has 5 heteroatoms. The SMILES string of the molecule is Cc1cc2c3c(c1)N(c1ccc(N(c4ccccc4)c4ccccc4)cc1)c1oc4c(c1B3c1ccccc1N2c1ccc(C(C)(C)C)cc1)C(C)(C)CCC4(C)C. The third-order valence-electron chi connectivity index (χ3n) is 13.0. The van der Waals surface area contributed by atoms with Crippen LogP contribution in [0.4, 0.5) is 51.4 Å². The predicted octanol–water partition coefficient (Wildman–Crippen LogP) is 12.8. The Morgan fingerprint density at radius 2 is 1.09 bits per heavy atom. The molecule has 7 aromatic rings. The molecule has 0 amide bonds. The highest BCUT2D eigenvalue weighted by molar-refractivity contribution is 7.00. The normalized spacial score (nSPS) is 16.0. The summed E-state index contributed by atoms with van der Waals surface area (Å²) in [6.45, 7) is 18.7. The smallest absolute Gasteiger partial charge is 0.256 e. The van der Waals surface area contributed by atoms with Crippen molar-refractivity contribution in [2.24, 2.45) is 0 Å². The average Bonchev–Trinajstić information content (AvgIpc) is 3.64. The number of rotatable bonds is 5. The number of furan rings is 1. The Kier molecular flexibility index (Phi) is 8.19. The van der Waals surface area contributed by atoms with Crippen LogP contribution in [0, 0.1) is 6.92 Å². The third-order valence-corrected chi connectivity index (χ3v) is 13.0. The van der Waals surface area contributed by atoms with Crippen LogP contribution in [0.1, 0.15) is 83.8 Å². The molecular formula is C53H52BN3O. The van der Waals surface area contributed by atoms with Crippen LogP contribution in [0.25, 0.3) is 0 Å². The van der Waals surface area contributed by atoms with Gasteiger partial charge in [-0.25, -0.2) is 0 Å². The lowest BCUT2D eigenvalue weighted by Gasteiger charge is -2.44. The lowest BCUT2D eigenvalue weighted by molar-refractivity contribution is 0.280. The van der Waals surface area contributed by atoms with Crippen LogP contribution in [0.2, 0.25) is 0 Å². The molecule has 0 unspecified atom stereocenters. The van der Waals surface area contributed by atoms with Crippen LogP contribution in [0.5, 0.6) is 0 Å². The maximum atomic E-state index is 7.43. The van der Waals surface area contributed by atoms with Crippen molar-refractivity contribution < 1.29 is 4.42 Å². The second-order valence-electron chi connectivity index (χ2n) is 19.0. The third kappa shape index (κ3) is 5.65. The first-order valence-electron chi connectivity index (χ1n) is 20.9. The summed E-state index contributed by atoms with van der Waals surface area (Å²) in [6, 6.07) is 53.5. The van der Waals surface area contributed by atoms with E-state index < -0.39 is 0 Å². The van der Waals surface area contributed by atoms with Crippen molar-refractivity contribution in [1.29, 1.82) is 0 Å². The van der Waals surface area contributed by atoms with Crippen molar-refractivity contribution >= 4 is 74.5 Å². The van der Waals surface area contributed by atoms with Gasteiger partial charge in [0.05, 0.1) is 0 Å². The van der Waals surface area contributed by atoms with Crippen LogP contribution < -0.4 is 31.1 Å². The van der Waals surface area contributed by atoms with Crippen LogP contribution in [0.3, 0.4) is 0 Å². The number of anilines is 9. The number of benzene rings is 6. The zero-order valence-electron chi connectivity index (χ0n) is 35.1. The first-order valence-corrected chi connectivity index (χ1v) is 20.9. The second-order valence-corrected chi connectivity index (χ2v) is 19.0. The van der Waals surface area contributed by atoms with Crippen molar-refractivity contribution in [2.75, 3.05) is 14.7 Å². The lowest BCUT2D eigenvalue weighted by Crippen LogP contribution is -2.62. The largest absolute Gasteiger partial charge is 0.444 e. The summed E-state index contributed by atoms with van der Waals surface area (Å²) in [5, 5.41) is 0. The Morgan fingerprint density at radius 3 is 1.71 bits per heavy atom. The molecule has 1 aromatic heterocycles. The molecule has 10 rings (SSSR count). The number of nitrogens with zero attached hydrogens (tertiary/aromatic N) is 3. The van der Waals surface area contributed by atoms with E-state index in [9.17, 15) is 0 Å². The van der Waals surface area contributed by atoms with Gasteiger partial charge in [-0.05, 0) is 143 Å². The Balaban J connectivity index is 1.22. The van der Waals surface area contributed by atoms with Crippen LogP contribution in [-0.2, 0) is 16.2 Å². The molecule has 6 aromatic carbocycles. The Labute approximate surface area is 344 Å². The van der Waals surface area contributed by atoms with Gasteiger partial charge in [-0.15, -0.1) is 0 Å². The maximum Gasteiger partial charge on any atom is 0.256 e. The monoisotopic (exact) mass is 757 g/mol. The van der Waals surface area contributed by atoms with E-state index in [4.69, 9.17) is 4.42 Å². The van der Waals surface area contributed by atoms with Crippen LogP contribution in [0.15, 0.2) is 150 Å². The standard InChI is InChI=1S/C53H52BN3O/c1-35-33-44-47-45(34-35)57(41-29-27-39(28-30-41)55(37-17-11-9-12-18-37)38-19-13-10-14-20-38)50-48(46-49(58-50)53(7,8)32-31-52(46,5)6)54(47)42-21-15-16-22-43(42)56(44)40-25-23-36(24-26-40)51(2,3)4/h9-30,33-34H,31-32H2,1-8H3. The number of aryl methyl sites for hydroxylation is 1. The van der Waals surface area contributed by atoms with E-state index in [0.717, 1.165) is 47.2 Å². The molecule has 3 heterocycles. The molecular weight excluding hydrogens is 705 g/mol. The fourth-order valence-corrected chi connectivity index (χ4v) is 9.93. The van der Waals surface area contributed by atoms with Crippen LogP contribution in [-0.4, -0.2) is 6.71 Å². The summed E-state index contributed by atoms with van der Waals surface area (Å²) >= 11 is 0. The minimum absolute atomic E-state index is 0.0183. The number of hydrogen-bond donors (Lipinski definition) is 0. The molecule has 1 aliphatic carbocycles. The summed E-state index contributed by atoms with van der Waals surface area (Å²) < 4.78 is 7.43. The number of fused-ring (bicyclic) bond motifs is 6. The van der Waals surface area contributed by atoms with Crippen molar-refractivity contribution in [3.05, 3.63) is 168 Å². The zero-order valence-corrected chi connectivity index (χ0v) is 35.1. The minimum atomic E-state index is -0.0937. The molecule has 0 atom stereocenters. The summed E-state index contributed by atoms with van der Waals surface area (Å²) in [5.41, 5.74) is 17.1. The van der Waals surface area contributed by atoms with Gasteiger partial charge in [0.1, 0.15) is 5.76 Å². The molecule has 58 heavy (non-hydrogen) atoms. The van der Waals surface area contributed by atoms with Crippen molar-refractivity contribution in [1.82, 2.24) is 0 Å². The maximum absolute atomic E-state index is 7.43. The zero-order chi connectivity index (χ0) is 40.1. The molecule has 0 N–H and O–H groups in total. The van der Waals surface area contributed by atoms with Crippen molar-refractivity contribution in [2.45, 2.75) is 84.5 Å². The lowest BCUT2D eigenvalue weighted by atomic mass is 9.32. The topological polar surface area (TPSA) is 22.9 Å². The van der Waals surface area contributed by atoms with E-state index in [1.165, 1.54) is 55.8 Å². The van der Waals surface area contributed by atoms with Gasteiger partial charge >= 0.3 is 0 Å². The Hall–Kier alpha value is -5.94. The van der Waals surface area contributed by atoms with Gasteiger partial charge in [-0.3, -0.25) is 4.90 Å². The number of para-hydroxylation sites is 3. The molecule has 0 saturated heterocycles. The molecule has 0 saturated carbocycles. The van der Waals surface area contributed by atoms with Gasteiger partial charge in [0.25, 0.3) is 6.71 Å². The van der Waals surface area contributed by atoms with E-state index in [0.29, 0.717) is 0 Å². The molecule has 4 nitrogen and oxygen atoms in total. The minimum Gasteiger partial charge on any atom is -0.444 e. The highest BCUT2D eigenvalue weighted by Gasteiger charge is 2.52. The van der Waals surface area contributed by atoms with Gasteiger partial charge in [-0.2, -0.15) is 0 Å². The van der Waals surface area contributed by atoms with Crippen molar-refractivity contribution in [3.8, 4) is 0 Å². The summed E-state index contributed by atoms with van der Waals surface area (Å²) in [6.07, 6.45) is 2.19. The highest BCUT2D eigenvalue weighted by atomic mass is 16.4. The van der Waals surface area contributed by atoms with E-state index in [2.05, 4.69) is 216 Å². The second kappa shape index (κ2) is 13.0. The summed E-state index contributed by atoms with van der Waals surface area (Å²) in [4.78, 5) is 7.28. The molecule has 3 aliphatic rings. The van der Waals surface area contributed by atoms with Gasteiger partial charge in [0.15, 0.2) is 5.88 Å². The van der Waals surface area contributed by atoms with E-state index >= 15 is 0 Å². The molecule has 0 radical (unpaired) electrons. The fourth-order valence-electron chi connectivity index (χ4n) is 9.93. The molecule has 0 fully saturated rings. The van der Waals surface area contributed by atoms with Crippen molar-refractivity contribution in [3.63, 3.8) is 0 Å². The quantitative estimate of drug-likeness (QED) is 0.163. The first kappa shape index (κ1) is 36.4. The van der Waals surface area contributed by atoms with Crippen LogP contribution >= 0.6 is 0 Å². The number of hydrogen-bond acceptors (Lipinski definition) is 4. The summed E-state index contributed by atoms with van der Waals surface area (Å²) in [7, 11) is 0. The predicted molar refractivity (Wildman–Crippen MR) is 246 cm³/mol. The Morgan fingerprint density at radius 1 is 0.569 bits per heavy atom. The molecule has 0 bridgehead atoms. The molecule has 2 aliphatic heterocycles. The van der Waals surface area contributed by atoms with Gasteiger partial charge < -0.3 is 14.2 Å². The Bertz CT molecular complexity index is 2630. The van der Waals surface area contributed by atoms with E-state index in [1.54, 1.807) is 0 Å². The summed E-state index contributed by atoms with van der Waals surface area (Å²) in [5.74, 6) is 2.09. The fraction of sp³-hybridized carbons (Fsp3) is 0.245. The highest BCUT2D eigenvalue weighted by Crippen LogP contribution is 2.52. The average molecular weight is 758 g/mol. The van der Waals surface area contributed by atoms with E-state index in [1.807, 2.05) is 0 Å². The molecule has 288 valence electrons. The van der Waals surface area contributed by atoms with Gasteiger partial charge in [-0.1, -0.05) is 115 Å². The molecule has 0 spiro atoms. The van der Waals surface area contributed by atoms with Gasteiger partial charge in [0.2, 0.25) is 0 Å². The van der Waals surface area contributed by atoms with E-state index in [-0.39, 0.29) is 23.0 Å².